The number of para-hydroxylation sites is 1. The molecule has 27 heavy (non-hydrogen) atoms. The van der Waals surface area contributed by atoms with Crippen molar-refractivity contribution in [2.75, 3.05) is 10.6 Å². The third-order valence-corrected chi connectivity index (χ3v) is 3.94. The van der Waals surface area contributed by atoms with Gasteiger partial charge in [0.15, 0.2) is 0 Å². The van der Waals surface area contributed by atoms with Crippen molar-refractivity contribution in [1.29, 1.82) is 0 Å². The first-order chi connectivity index (χ1) is 13.0. The van der Waals surface area contributed by atoms with Crippen molar-refractivity contribution in [1.82, 2.24) is 0 Å². The Bertz CT molecular complexity index is 974. The predicted octanol–water partition coefficient (Wildman–Crippen LogP) is 5.34. The highest BCUT2D eigenvalue weighted by Crippen LogP contribution is 2.26. The summed E-state index contributed by atoms with van der Waals surface area (Å²) in [6.45, 7) is 1.39. The largest absolute Gasteiger partial charge is 0.457 e. The van der Waals surface area contributed by atoms with Crippen LogP contribution < -0.4 is 15.4 Å². The van der Waals surface area contributed by atoms with E-state index in [1.54, 1.807) is 42.5 Å². The highest BCUT2D eigenvalue weighted by Gasteiger charge is 2.10. The molecule has 6 heteroatoms. The SMILES string of the molecule is CC(=O)Nc1cc(NC(=O)c2cccc(Oc3ccccc3)c2)ccc1Cl. The number of carbonyl (C=O) groups is 2. The van der Waals surface area contributed by atoms with Gasteiger partial charge >= 0.3 is 0 Å². The number of benzene rings is 3. The maximum absolute atomic E-state index is 12.6. The summed E-state index contributed by atoms with van der Waals surface area (Å²) >= 11 is 6.05. The average Bonchev–Trinajstić information content (AvgIpc) is 2.65. The Kier molecular flexibility index (Phi) is 5.74. The molecule has 0 saturated carbocycles. The van der Waals surface area contributed by atoms with Crippen molar-refractivity contribution in [2.24, 2.45) is 0 Å². The molecule has 0 bridgehead atoms. The molecule has 0 heterocycles. The lowest BCUT2D eigenvalue weighted by Gasteiger charge is -2.11. The van der Waals surface area contributed by atoms with Gasteiger partial charge in [0.05, 0.1) is 10.7 Å². The molecule has 0 fully saturated rings. The Hall–Kier alpha value is -3.31. The topological polar surface area (TPSA) is 67.4 Å². The van der Waals surface area contributed by atoms with E-state index in [1.165, 1.54) is 6.92 Å². The van der Waals surface area contributed by atoms with Gasteiger partial charge in [-0.1, -0.05) is 35.9 Å². The third-order valence-electron chi connectivity index (χ3n) is 3.61. The molecule has 2 N–H and O–H groups in total. The molecule has 0 atom stereocenters. The summed E-state index contributed by atoms with van der Waals surface area (Å²) < 4.78 is 5.75. The lowest BCUT2D eigenvalue weighted by atomic mass is 10.2. The van der Waals surface area contributed by atoms with Crippen LogP contribution in [0.25, 0.3) is 0 Å². The fraction of sp³-hybridized carbons (Fsp3) is 0.0476. The van der Waals surface area contributed by atoms with E-state index in [9.17, 15) is 9.59 Å². The van der Waals surface area contributed by atoms with E-state index in [-0.39, 0.29) is 11.8 Å². The van der Waals surface area contributed by atoms with Gasteiger partial charge in [-0.15, -0.1) is 0 Å². The van der Waals surface area contributed by atoms with Gasteiger partial charge in [0, 0.05) is 18.2 Å². The van der Waals surface area contributed by atoms with Gasteiger partial charge in [0.2, 0.25) is 5.91 Å². The molecule has 0 aromatic heterocycles. The third kappa shape index (κ3) is 5.09. The number of hydrogen-bond acceptors (Lipinski definition) is 3. The monoisotopic (exact) mass is 380 g/mol. The van der Waals surface area contributed by atoms with E-state index in [4.69, 9.17) is 16.3 Å². The second-order valence-corrected chi connectivity index (χ2v) is 6.18. The first-order valence-corrected chi connectivity index (χ1v) is 8.60. The van der Waals surface area contributed by atoms with Crippen molar-refractivity contribution >= 4 is 34.8 Å². The molecule has 3 rings (SSSR count). The Balaban J connectivity index is 1.75. The van der Waals surface area contributed by atoms with Gasteiger partial charge in [0.1, 0.15) is 11.5 Å². The number of amides is 2. The van der Waals surface area contributed by atoms with E-state index in [1.807, 2.05) is 30.3 Å². The summed E-state index contributed by atoms with van der Waals surface area (Å²) in [6, 6.07) is 21.1. The van der Waals surface area contributed by atoms with Crippen LogP contribution in [0.4, 0.5) is 11.4 Å². The van der Waals surface area contributed by atoms with Gasteiger partial charge in [-0.05, 0) is 48.5 Å². The minimum Gasteiger partial charge on any atom is -0.457 e. The lowest BCUT2D eigenvalue weighted by molar-refractivity contribution is -0.114. The molecule has 0 radical (unpaired) electrons. The number of rotatable bonds is 5. The second-order valence-electron chi connectivity index (χ2n) is 5.77. The van der Waals surface area contributed by atoms with Crippen molar-refractivity contribution in [3.63, 3.8) is 0 Å². The van der Waals surface area contributed by atoms with Crippen LogP contribution in [0, 0.1) is 0 Å². The Morgan fingerprint density at radius 1 is 0.852 bits per heavy atom. The van der Waals surface area contributed by atoms with E-state index in [0.29, 0.717) is 33.5 Å². The molecule has 3 aromatic carbocycles. The average molecular weight is 381 g/mol. The standard InChI is InChI=1S/C21H17ClN2O3/c1-14(25)23-20-13-16(10-11-19(20)22)24-21(26)15-6-5-9-18(12-15)27-17-7-3-2-4-8-17/h2-13H,1H3,(H,23,25)(H,24,26). The zero-order chi connectivity index (χ0) is 19.2. The molecule has 5 nitrogen and oxygen atoms in total. The van der Waals surface area contributed by atoms with Crippen molar-refractivity contribution in [3.8, 4) is 11.5 Å². The zero-order valence-corrected chi connectivity index (χ0v) is 15.3. The predicted molar refractivity (Wildman–Crippen MR) is 107 cm³/mol. The molecule has 0 spiro atoms. The number of carbonyl (C=O) groups excluding carboxylic acids is 2. The zero-order valence-electron chi connectivity index (χ0n) is 14.5. The summed E-state index contributed by atoms with van der Waals surface area (Å²) in [7, 11) is 0. The van der Waals surface area contributed by atoms with Crippen LogP contribution in [0.1, 0.15) is 17.3 Å². The maximum atomic E-state index is 12.6. The lowest BCUT2D eigenvalue weighted by Crippen LogP contribution is -2.12. The van der Waals surface area contributed by atoms with Crippen LogP contribution in [-0.4, -0.2) is 11.8 Å². The van der Waals surface area contributed by atoms with Crippen LogP contribution in [0.2, 0.25) is 5.02 Å². The van der Waals surface area contributed by atoms with Gasteiger partial charge in [0.25, 0.3) is 5.91 Å². The minimum absolute atomic E-state index is 0.244. The molecule has 3 aromatic rings. The van der Waals surface area contributed by atoms with Gasteiger partial charge in [-0.25, -0.2) is 0 Å². The fourth-order valence-electron chi connectivity index (χ4n) is 2.42. The Morgan fingerprint density at radius 2 is 1.59 bits per heavy atom. The van der Waals surface area contributed by atoms with E-state index in [0.717, 1.165) is 0 Å². The summed E-state index contributed by atoms with van der Waals surface area (Å²) in [5.41, 5.74) is 1.39. The van der Waals surface area contributed by atoms with Crippen molar-refractivity contribution < 1.29 is 14.3 Å². The molecule has 0 aliphatic rings. The van der Waals surface area contributed by atoms with E-state index >= 15 is 0 Å². The normalized spacial score (nSPS) is 10.1. The van der Waals surface area contributed by atoms with Gasteiger partial charge < -0.3 is 15.4 Å². The number of ether oxygens (including phenoxy) is 1. The smallest absolute Gasteiger partial charge is 0.255 e. The molecule has 0 unspecified atom stereocenters. The number of nitrogens with one attached hydrogen (secondary N) is 2. The molecule has 136 valence electrons. The summed E-state index contributed by atoms with van der Waals surface area (Å²) in [5, 5.41) is 5.80. The highest BCUT2D eigenvalue weighted by molar-refractivity contribution is 6.33. The number of anilines is 2. The fourth-order valence-corrected chi connectivity index (χ4v) is 2.58. The quantitative estimate of drug-likeness (QED) is 0.627. The van der Waals surface area contributed by atoms with Crippen LogP contribution in [0.15, 0.2) is 72.8 Å². The first kappa shape index (κ1) is 18.5. The highest BCUT2D eigenvalue weighted by atomic mass is 35.5. The van der Waals surface area contributed by atoms with Crippen molar-refractivity contribution in [3.05, 3.63) is 83.4 Å². The van der Waals surface area contributed by atoms with Gasteiger partial charge in [-0.3, -0.25) is 9.59 Å². The molecule has 0 saturated heterocycles. The molecule has 0 aliphatic heterocycles. The minimum atomic E-state index is -0.301. The Morgan fingerprint density at radius 3 is 2.33 bits per heavy atom. The molecule has 2 amide bonds. The summed E-state index contributed by atoms with van der Waals surface area (Å²) in [6.07, 6.45) is 0. The van der Waals surface area contributed by atoms with Crippen LogP contribution >= 0.6 is 11.6 Å². The molecular weight excluding hydrogens is 364 g/mol. The number of hydrogen-bond donors (Lipinski definition) is 2. The van der Waals surface area contributed by atoms with E-state index in [2.05, 4.69) is 10.6 Å². The van der Waals surface area contributed by atoms with Crippen LogP contribution in [0.5, 0.6) is 11.5 Å². The van der Waals surface area contributed by atoms with E-state index < -0.39 is 0 Å². The number of halogens is 1. The molecule has 0 aliphatic carbocycles. The first-order valence-electron chi connectivity index (χ1n) is 8.23. The summed E-state index contributed by atoms with van der Waals surface area (Å²) in [4.78, 5) is 23.8. The Labute approximate surface area is 161 Å². The second kappa shape index (κ2) is 8.38. The van der Waals surface area contributed by atoms with Crippen molar-refractivity contribution in [2.45, 2.75) is 6.92 Å². The molecular formula is C21H17ClN2O3. The maximum Gasteiger partial charge on any atom is 0.255 e. The van der Waals surface area contributed by atoms with Crippen LogP contribution in [0.3, 0.4) is 0 Å². The van der Waals surface area contributed by atoms with Gasteiger partial charge in [-0.2, -0.15) is 0 Å². The van der Waals surface area contributed by atoms with Crippen LogP contribution in [-0.2, 0) is 4.79 Å². The summed E-state index contributed by atoms with van der Waals surface area (Å²) in [5.74, 6) is 0.701.